The van der Waals surface area contributed by atoms with Crippen molar-refractivity contribution < 1.29 is 5.11 Å². The van der Waals surface area contributed by atoms with Crippen LogP contribution < -0.4 is 0 Å². The first-order valence-corrected chi connectivity index (χ1v) is 11.2. The Labute approximate surface area is 193 Å². The van der Waals surface area contributed by atoms with Crippen molar-refractivity contribution in [3.63, 3.8) is 0 Å². The van der Waals surface area contributed by atoms with Crippen LogP contribution in [0.1, 0.15) is 11.1 Å². The van der Waals surface area contributed by atoms with Gasteiger partial charge in [-0.05, 0) is 29.3 Å². The molecule has 0 saturated carbocycles. The number of aromatic nitrogens is 1. The molecule has 0 saturated heterocycles. The van der Waals surface area contributed by atoms with Gasteiger partial charge in [-0.2, -0.15) is 0 Å². The number of nitrogens with one attached hydrogen (secondary N) is 1. The van der Waals surface area contributed by atoms with Gasteiger partial charge in [0.15, 0.2) is 5.69 Å². The van der Waals surface area contributed by atoms with Crippen LogP contribution >= 0.6 is 35.0 Å². The summed E-state index contributed by atoms with van der Waals surface area (Å²) in [5.74, 6) is 0.415. The van der Waals surface area contributed by atoms with Crippen LogP contribution in [0.25, 0.3) is 10.9 Å². The average molecular weight is 469 g/mol. The summed E-state index contributed by atoms with van der Waals surface area (Å²) in [6.07, 6.45) is 0. The number of aromatic hydroxyl groups is 1. The van der Waals surface area contributed by atoms with E-state index >= 15 is 0 Å². The van der Waals surface area contributed by atoms with E-state index in [0.29, 0.717) is 28.0 Å². The van der Waals surface area contributed by atoms with Crippen LogP contribution in [-0.2, 0) is 12.3 Å². The number of fused-ring (bicyclic) bond motifs is 1. The second-order valence-corrected chi connectivity index (χ2v) is 8.53. The molecule has 0 aliphatic rings. The van der Waals surface area contributed by atoms with Gasteiger partial charge in [0.2, 0.25) is 11.0 Å². The summed E-state index contributed by atoms with van der Waals surface area (Å²) in [6.45, 7) is 0.500. The topological polar surface area (TPSA) is 73.7 Å². The summed E-state index contributed by atoms with van der Waals surface area (Å²) in [5, 5.41) is 29.1. The second kappa shape index (κ2) is 9.56. The van der Waals surface area contributed by atoms with Crippen molar-refractivity contribution in [1.29, 1.82) is 5.41 Å². The monoisotopic (exact) mass is 468 g/mol. The van der Waals surface area contributed by atoms with Crippen LogP contribution in [0.5, 0.6) is 5.88 Å². The van der Waals surface area contributed by atoms with Gasteiger partial charge in [-0.3, -0.25) is 5.41 Å². The number of rotatable bonds is 5. The molecule has 0 spiro atoms. The number of halogens is 2. The van der Waals surface area contributed by atoms with Crippen LogP contribution in [-0.4, -0.2) is 14.8 Å². The maximum absolute atomic E-state index is 10.9. The molecule has 0 fully saturated rings. The molecule has 0 unspecified atom stereocenters. The predicted molar refractivity (Wildman–Crippen MR) is 129 cm³/mol. The fourth-order valence-corrected chi connectivity index (χ4v) is 4.61. The zero-order chi connectivity index (χ0) is 21.8. The first kappa shape index (κ1) is 21.4. The standard InChI is InChI=1S/C23H18Cl2N4OS/c24-18-10-6-11-19(25)17(18)14-31-23(26)28-27-21-16-9-4-5-12-20(16)29(22(21)30)13-15-7-2-1-3-8-15/h1-12,26,30H,13-14H2. The molecule has 8 heteroatoms. The minimum Gasteiger partial charge on any atom is -0.493 e. The number of azo groups is 1. The number of amidine groups is 1. The normalized spacial score (nSPS) is 11.4. The highest BCUT2D eigenvalue weighted by atomic mass is 35.5. The molecule has 0 aliphatic heterocycles. The average Bonchev–Trinajstić information content (AvgIpc) is 3.04. The van der Waals surface area contributed by atoms with Crippen molar-refractivity contribution in [1.82, 2.24) is 4.57 Å². The molecule has 0 radical (unpaired) electrons. The first-order chi connectivity index (χ1) is 15.0. The van der Waals surface area contributed by atoms with Gasteiger partial charge in [0.05, 0.1) is 12.1 Å². The van der Waals surface area contributed by atoms with E-state index in [1.54, 1.807) is 22.8 Å². The number of para-hydroxylation sites is 1. The Morgan fingerprint density at radius 3 is 2.35 bits per heavy atom. The van der Waals surface area contributed by atoms with Gasteiger partial charge >= 0.3 is 0 Å². The largest absolute Gasteiger partial charge is 0.493 e. The maximum Gasteiger partial charge on any atom is 0.221 e. The van der Waals surface area contributed by atoms with E-state index in [9.17, 15) is 5.11 Å². The molecule has 3 aromatic carbocycles. The predicted octanol–water partition coefficient (Wildman–Crippen LogP) is 7.65. The third-order valence-corrected chi connectivity index (χ3v) is 6.25. The summed E-state index contributed by atoms with van der Waals surface area (Å²) in [5.41, 5.74) is 2.99. The lowest BCUT2D eigenvalue weighted by molar-refractivity contribution is 0.429. The van der Waals surface area contributed by atoms with Gasteiger partial charge in [-0.15, -0.1) is 10.2 Å². The van der Waals surface area contributed by atoms with E-state index in [1.165, 1.54) is 0 Å². The Hall–Kier alpha value is -2.80. The number of hydrogen-bond acceptors (Lipinski definition) is 4. The van der Waals surface area contributed by atoms with Crippen LogP contribution in [0.2, 0.25) is 10.0 Å². The molecule has 156 valence electrons. The third kappa shape index (κ3) is 4.77. The Bertz CT molecular complexity index is 1250. The van der Waals surface area contributed by atoms with Crippen molar-refractivity contribution in [2.45, 2.75) is 12.3 Å². The van der Waals surface area contributed by atoms with Gasteiger partial charge in [0, 0.05) is 21.2 Å². The Kier molecular flexibility index (Phi) is 6.61. The highest BCUT2D eigenvalue weighted by molar-refractivity contribution is 8.13. The van der Waals surface area contributed by atoms with E-state index < -0.39 is 0 Å². The van der Waals surface area contributed by atoms with Gasteiger partial charge in [0.25, 0.3) is 0 Å². The molecule has 0 bridgehead atoms. The second-order valence-electron chi connectivity index (χ2n) is 6.76. The Morgan fingerprint density at radius 1 is 0.935 bits per heavy atom. The summed E-state index contributed by atoms with van der Waals surface area (Å²) in [6, 6.07) is 22.8. The fraction of sp³-hybridized carbons (Fsp3) is 0.0870. The zero-order valence-corrected chi connectivity index (χ0v) is 18.6. The molecule has 4 aromatic rings. The van der Waals surface area contributed by atoms with E-state index in [0.717, 1.165) is 33.8 Å². The smallest absolute Gasteiger partial charge is 0.221 e. The highest BCUT2D eigenvalue weighted by Crippen LogP contribution is 2.39. The molecule has 1 aromatic heterocycles. The lowest BCUT2D eigenvalue weighted by Gasteiger charge is -2.07. The summed E-state index contributed by atoms with van der Waals surface area (Å²) in [7, 11) is 0. The molecule has 0 amide bonds. The number of thioether (sulfide) groups is 1. The van der Waals surface area contributed by atoms with Crippen LogP contribution in [0.3, 0.4) is 0 Å². The lowest BCUT2D eigenvalue weighted by atomic mass is 10.2. The molecule has 0 aliphatic carbocycles. The first-order valence-electron chi connectivity index (χ1n) is 9.44. The number of benzene rings is 3. The molecule has 31 heavy (non-hydrogen) atoms. The molecular weight excluding hydrogens is 451 g/mol. The molecule has 5 nitrogen and oxygen atoms in total. The molecule has 4 rings (SSSR count). The number of nitrogens with zero attached hydrogens (tertiary/aromatic N) is 3. The quantitative estimate of drug-likeness (QED) is 0.179. The van der Waals surface area contributed by atoms with E-state index in [2.05, 4.69) is 10.2 Å². The van der Waals surface area contributed by atoms with Gasteiger partial charge in [-0.25, -0.2) is 0 Å². The third-order valence-electron chi connectivity index (χ3n) is 4.76. The minimum atomic E-state index is -0.00437. The van der Waals surface area contributed by atoms with Crippen LogP contribution in [0.4, 0.5) is 5.69 Å². The van der Waals surface area contributed by atoms with Crippen molar-refractivity contribution in [2.75, 3.05) is 0 Å². The van der Waals surface area contributed by atoms with Gasteiger partial charge in [-0.1, -0.05) is 89.6 Å². The molecular formula is C23H18Cl2N4OS. The Balaban J connectivity index is 1.57. The van der Waals surface area contributed by atoms with Crippen molar-refractivity contribution in [3.05, 3.63) is 94.0 Å². The van der Waals surface area contributed by atoms with Crippen molar-refractivity contribution in [2.24, 2.45) is 10.2 Å². The van der Waals surface area contributed by atoms with Crippen LogP contribution in [0.15, 0.2) is 83.0 Å². The summed E-state index contributed by atoms with van der Waals surface area (Å²) < 4.78 is 1.79. The maximum atomic E-state index is 10.9. The Morgan fingerprint density at radius 2 is 1.61 bits per heavy atom. The van der Waals surface area contributed by atoms with E-state index in [1.807, 2.05) is 54.6 Å². The zero-order valence-electron chi connectivity index (χ0n) is 16.3. The van der Waals surface area contributed by atoms with Crippen molar-refractivity contribution >= 4 is 56.7 Å². The van der Waals surface area contributed by atoms with Crippen molar-refractivity contribution in [3.8, 4) is 5.88 Å². The van der Waals surface area contributed by atoms with Crippen LogP contribution in [0, 0.1) is 5.41 Å². The lowest BCUT2D eigenvalue weighted by Crippen LogP contribution is -1.98. The van der Waals surface area contributed by atoms with E-state index in [-0.39, 0.29) is 11.0 Å². The highest BCUT2D eigenvalue weighted by Gasteiger charge is 2.17. The summed E-state index contributed by atoms with van der Waals surface area (Å²) in [4.78, 5) is 0. The SMILES string of the molecule is N=C(N=Nc1c(O)n(Cc2ccccc2)c2ccccc12)SCc1c(Cl)cccc1Cl. The fourth-order valence-electron chi connectivity index (χ4n) is 3.23. The molecule has 0 atom stereocenters. The minimum absolute atomic E-state index is 0.00437. The van der Waals surface area contributed by atoms with Gasteiger partial charge < -0.3 is 9.67 Å². The van der Waals surface area contributed by atoms with E-state index in [4.69, 9.17) is 28.6 Å². The molecule has 2 N–H and O–H groups in total. The number of hydrogen-bond donors (Lipinski definition) is 2. The van der Waals surface area contributed by atoms with Gasteiger partial charge in [0.1, 0.15) is 0 Å². The molecule has 1 heterocycles. The summed E-state index contributed by atoms with van der Waals surface area (Å²) >= 11 is 13.5.